The smallest absolute Gasteiger partial charge is 0.225 e. The highest BCUT2D eigenvalue weighted by molar-refractivity contribution is 5.79. The number of allylic oxidation sites excluding steroid dienone is 1. The van der Waals surface area contributed by atoms with E-state index in [1.165, 1.54) is 43.4 Å². The fourth-order valence-corrected chi connectivity index (χ4v) is 4.27. The van der Waals surface area contributed by atoms with Gasteiger partial charge in [-0.15, -0.1) is 0 Å². The summed E-state index contributed by atoms with van der Waals surface area (Å²) < 4.78 is 13.1. The zero-order valence-electron chi connectivity index (χ0n) is 17.3. The molecule has 1 aliphatic heterocycles. The van der Waals surface area contributed by atoms with Gasteiger partial charge in [-0.2, -0.15) is 0 Å². The highest BCUT2D eigenvalue weighted by Crippen LogP contribution is 2.24. The number of carbonyl (C=O) groups is 1. The minimum absolute atomic E-state index is 0.0283. The van der Waals surface area contributed by atoms with E-state index in [2.05, 4.69) is 26.3 Å². The predicted octanol–water partition coefficient (Wildman–Crippen LogP) is 4.51. The van der Waals surface area contributed by atoms with Gasteiger partial charge in [0.15, 0.2) is 0 Å². The summed E-state index contributed by atoms with van der Waals surface area (Å²) in [6.07, 6.45) is 13.6. The van der Waals surface area contributed by atoms with E-state index >= 15 is 0 Å². The van der Waals surface area contributed by atoms with E-state index in [0.717, 1.165) is 43.5 Å². The van der Waals surface area contributed by atoms with E-state index in [-0.39, 0.29) is 17.6 Å². The van der Waals surface area contributed by atoms with Crippen LogP contribution in [0.3, 0.4) is 0 Å². The molecule has 1 amide bonds. The first-order valence-electron chi connectivity index (χ1n) is 11.0. The Labute approximate surface area is 177 Å². The fourth-order valence-electron chi connectivity index (χ4n) is 4.27. The van der Waals surface area contributed by atoms with E-state index in [9.17, 15) is 9.18 Å². The predicted molar refractivity (Wildman–Crippen MR) is 117 cm³/mol. The van der Waals surface area contributed by atoms with E-state index in [1.54, 1.807) is 24.5 Å². The first kappa shape index (κ1) is 20.5. The zero-order valence-corrected chi connectivity index (χ0v) is 17.3. The summed E-state index contributed by atoms with van der Waals surface area (Å²) in [5.41, 5.74) is 3.22. The molecule has 1 N–H and O–H groups in total. The number of benzene rings is 1. The third kappa shape index (κ3) is 5.23. The Hall–Kier alpha value is -2.76. The number of aromatic nitrogens is 2. The molecule has 0 spiro atoms. The molecule has 1 saturated heterocycles. The van der Waals surface area contributed by atoms with Crippen molar-refractivity contribution >= 4 is 11.9 Å². The van der Waals surface area contributed by atoms with Crippen LogP contribution in [0.4, 0.5) is 10.3 Å². The molecule has 2 heterocycles. The lowest BCUT2D eigenvalue weighted by atomic mass is 9.96. The Morgan fingerprint density at radius 3 is 2.63 bits per heavy atom. The number of carbonyl (C=O) groups excluding carboxylic acids is 1. The molecule has 0 radical (unpaired) electrons. The number of hydrogen-bond acceptors (Lipinski definition) is 4. The molecule has 4 rings (SSSR count). The second-order valence-corrected chi connectivity index (χ2v) is 8.21. The molecule has 30 heavy (non-hydrogen) atoms. The van der Waals surface area contributed by atoms with Crippen LogP contribution in [-0.4, -0.2) is 35.5 Å². The lowest BCUT2D eigenvalue weighted by molar-refractivity contribution is -0.125. The Morgan fingerprint density at radius 1 is 1.10 bits per heavy atom. The maximum absolute atomic E-state index is 13.1. The Kier molecular flexibility index (Phi) is 6.72. The molecular weight excluding hydrogens is 379 g/mol. The minimum Gasteiger partial charge on any atom is -0.355 e. The maximum atomic E-state index is 13.1. The largest absolute Gasteiger partial charge is 0.355 e. The molecule has 2 aromatic rings. The van der Waals surface area contributed by atoms with Gasteiger partial charge in [0.05, 0.1) is 5.92 Å². The maximum Gasteiger partial charge on any atom is 0.225 e. The van der Waals surface area contributed by atoms with Gasteiger partial charge in [0, 0.05) is 37.6 Å². The van der Waals surface area contributed by atoms with Gasteiger partial charge in [0.2, 0.25) is 11.9 Å². The van der Waals surface area contributed by atoms with Crippen LogP contribution >= 0.6 is 0 Å². The Morgan fingerprint density at radius 2 is 1.90 bits per heavy atom. The van der Waals surface area contributed by atoms with E-state index in [0.29, 0.717) is 12.5 Å². The molecule has 1 aliphatic carbocycles. The standard InChI is InChI=1S/C24H29FN4O/c25-22-10-8-19(9-11-22)21-15-27-24(28-16-21)29-14-4-7-20(17-29)23(30)26-13-12-18-5-2-1-3-6-18/h5,8-11,15-16,20H,1-4,6-7,12-14,17H2,(H,26,30). The molecule has 1 unspecified atom stereocenters. The van der Waals surface area contributed by atoms with Crippen LogP contribution in [0.25, 0.3) is 11.1 Å². The highest BCUT2D eigenvalue weighted by atomic mass is 19.1. The quantitative estimate of drug-likeness (QED) is 0.715. The summed E-state index contributed by atoms with van der Waals surface area (Å²) in [7, 11) is 0. The van der Waals surface area contributed by atoms with Crippen molar-refractivity contribution in [1.29, 1.82) is 0 Å². The Balaban J connectivity index is 1.31. The number of halogens is 1. The monoisotopic (exact) mass is 408 g/mol. The van der Waals surface area contributed by atoms with E-state index in [1.807, 2.05) is 0 Å². The molecule has 2 aliphatic rings. The van der Waals surface area contributed by atoms with Crippen molar-refractivity contribution in [2.24, 2.45) is 5.92 Å². The minimum atomic E-state index is -0.260. The first-order valence-corrected chi connectivity index (χ1v) is 11.0. The number of hydrogen-bond donors (Lipinski definition) is 1. The second kappa shape index (κ2) is 9.83. The first-order chi connectivity index (χ1) is 14.7. The third-order valence-corrected chi connectivity index (χ3v) is 6.02. The summed E-state index contributed by atoms with van der Waals surface area (Å²) in [6, 6.07) is 6.31. The molecule has 0 bridgehead atoms. The van der Waals surface area contributed by atoms with E-state index < -0.39 is 0 Å². The van der Waals surface area contributed by atoms with Gasteiger partial charge in [0.25, 0.3) is 0 Å². The van der Waals surface area contributed by atoms with Gasteiger partial charge in [-0.3, -0.25) is 4.79 Å². The molecule has 1 aromatic heterocycles. The summed E-state index contributed by atoms with van der Waals surface area (Å²) >= 11 is 0. The van der Waals surface area contributed by atoms with Crippen molar-refractivity contribution in [3.63, 3.8) is 0 Å². The molecule has 1 atom stereocenters. The summed E-state index contributed by atoms with van der Waals surface area (Å²) in [5, 5.41) is 3.13. The van der Waals surface area contributed by atoms with Gasteiger partial charge in [-0.1, -0.05) is 23.8 Å². The number of nitrogens with one attached hydrogen (secondary N) is 1. The van der Waals surface area contributed by atoms with Crippen LogP contribution in [0.5, 0.6) is 0 Å². The van der Waals surface area contributed by atoms with Gasteiger partial charge < -0.3 is 10.2 Å². The van der Waals surface area contributed by atoms with Crippen LogP contribution < -0.4 is 10.2 Å². The van der Waals surface area contributed by atoms with Crippen LogP contribution in [0.1, 0.15) is 44.9 Å². The average Bonchev–Trinajstić information content (AvgIpc) is 2.80. The topological polar surface area (TPSA) is 58.1 Å². The lowest BCUT2D eigenvalue weighted by Crippen LogP contribution is -2.44. The number of rotatable bonds is 6. The molecule has 6 heteroatoms. The molecule has 158 valence electrons. The number of piperidine rings is 1. The van der Waals surface area contributed by atoms with Crippen molar-refractivity contribution in [3.8, 4) is 11.1 Å². The van der Waals surface area contributed by atoms with Crippen molar-refractivity contribution in [3.05, 3.63) is 54.1 Å². The fraction of sp³-hybridized carbons (Fsp3) is 0.458. The molecule has 1 aromatic carbocycles. The van der Waals surface area contributed by atoms with Crippen LogP contribution in [0.2, 0.25) is 0 Å². The van der Waals surface area contributed by atoms with E-state index in [4.69, 9.17) is 0 Å². The number of anilines is 1. The Bertz CT molecular complexity index is 879. The molecule has 0 saturated carbocycles. The average molecular weight is 409 g/mol. The van der Waals surface area contributed by atoms with Crippen molar-refractivity contribution in [2.75, 3.05) is 24.5 Å². The van der Waals surface area contributed by atoms with Gasteiger partial charge in [-0.05, 0) is 62.6 Å². The zero-order chi connectivity index (χ0) is 20.8. The number of amides is 1. The molecular formula is C24H29FN4O. The SMILES string of the molecule is O=C(NCCC1=CCCCC1)C1CCCN(c2ncc(-c3ccc(F)cc3)cn2)C1. The highest BCUT2D eigenvalue weighted by Gasteiger charge is 2.27. The van der Waals surface area contributed by atoms with Crippen molar-refractivity contribution in [1.82, 2.24) is 15.3 Å². The lowest BCUT2D eigenvalue weighted by Gasteiger charge is -2.32. The van der Waals surface area contributed by atoms with Gasteiger partial charge in [-0.25, -0.2) is 14.4 Å². The van der Waals surface area contributed by atoms with Gasteiger partial charge in [0.1, 0.15) is 5.82 Å². The van der Waals surface area contributed by atoms with Crippen molar-refractivity contribution in [2.45, 2.75) is 44.9 Å². The normalized spacial score (nSPS) is 19.3. The van der Waals surface area contributed by atoms with Crippen LogP contribution in [-0.2, 0) is 4.79 Å². The second-order valence-electron chi connectivity index (χ2n) is 8.21. The summed E-state index contributed by atoms with van der Waals surface area (Å²) in [4.78, 5) is 23.7. The van der Waals surface area contributed by atoms with Crippen LogP contribution in [0, 0.1) is 11.7 Å². The molecule has 5 nitrogen and oxygen atoms in total. The number of nitrogens with zero attached hydrogens (tertiary/aromatic N) is 3. The van der Waals surface area contributed by atoms with Gasteiger partial charge >= 0.3 is 0 Å². The third-order valence-electron chi connectivity index (χ3n) is 6.02. The molecule has 1 fully saturated rings. The van der Waals surface area contributed by atoms with Crippen molar-refractivity contribution < 1.29 is 9.18 Å². The summed E-state index contributed by atoms with van der Waals surface area (Å²) in [6.45, 7) is 2.22. The van der Waals surface area contributed by atoms with Crippen LogP contribution in [0.15, 0.2) is 48.3 Å². The summed E-state index contributed by atoms with van der Waals surface area (Å²) in [5.74, 6) is 0.494.